The first-order valence-electron chi connectivity index (χ1n) is 5.75. The van der Waals surface area contributed by atoms with Gasteiger partial charge < -0.3 is 5.32 Å². The van der Waals surface area contributed by atoms with Crippen molar-refractivity contribution in [1.29, 1.82) is 0 Å². The molecule has 0 bridgehead atoms. The molecular weight excluding hydrogens is 230 g/mol. The van der Waals surface area contributed by atoms with Gasteiger partial charge in [0.1, 0.15) is 0 Å². The van der Waals surface area contributed by atoms with E-state index in [4.69, 9.17) is 0 Å². The Morgan fingerprint density at radius 3 is 2.88 bits per heavy atom. The van der Waals surface area contributed by atoms with Gasteiger partial charge in [0.05, 0.1) is 10.7 Å². The van der Waals surface area contributed by atoms with Crippen molar-refractivity contribution in [2.75, 3.05) is 7.05 Å². The third kappa shape index (κ3) is 3.61. The third-order valence-electron chi connectivity index (χ3n) is 2.74. The standard InChI is InChI=1S/C13H17N3S/c1-10-16-13(9-17-10)7-12(14-2)6-11-4-3-5-15-8-11/h3-5,8-9,12,14H,6-7H2,1-2H3. The summed E-state index contributed by atoms with van der Waals surface area (Å²) in [6, 6.07) is 4.51. The van der Waals surface area contributed by atoms with Crippen LogP contribution >= 0.6 is 11.3 Å². The Hall–Kier alpha value is -1.26. The van der Waals surface area contributed by atoms with Gasteiger partial charge in [0, 0.05) is 30.2 Å². The van der Waals surface area contributed by atoms with E-state index in [1.54, 1.807) is 11.3 Å². The fourth-order valence-electron chi connectivity index (χ4n) is 1.83. The second kappa shape index (κ2) is 5.89. The number of aromatic nitrogens is 2. The molecule has 2 heterocycles. The SMILES string of the molecule is CNC(Cc1cccnc1)Cc1csc(C)n1. The van der Waals surface area contributed by atoms with Crippen LogP contribution in [0.25, 0.3) is 0 Å². The van der Waals surface area contributed by atoms with Crippen LogP contribution in [0.15, 0.2) is 29.9 Å². The lowest BCUT2D eigenvalue weighted by atomic mass is 10.0. The van der Waals surface area contributed by atoms with E-state index in [1.807, 2.05) is 32.4 Å². The van der Waals surface area contributed by atoms with Crippen molar-refractivity contribution in [1.82, 2.24) is 15.3 Å². The van der Waals surface area contributed by atoms with Crippen molar-refractivity contribution < 1.29 is 0 Å². The number of aryl methyl sites for hydroxylation is 1. The van der Waals surface area contributed by atoms with Crippen LogP contribution in [0.5, 0.6) is 0 Å². The molecule has 0 spiro atoms. The molecule has 0 fully saturated rings. The van der Waals surface area contributed by atoms with Crippen molar-refractivity contribution in [3.63, 3.8) is 0 Å². The molecule has 17 heavy (non-hydrogen) atoms. The molecule has 0 aromatic carbocycles. The topological polar surface area (TPSA) is 37.8 Å². The van der Waals surface area contributed by atoms with Crippen LogP contribution in [-0.4, -0.2) is 23.1 Å². The van der Waals surface area contributed by atoms with Crippen LogP contribution in [-0.2, 0) is 12.8 Å². The highest BCUT2D eigenvalue weighted by molar-refractivity contribution is 7.09. The van der Waals surface area contributed by atoms with Crippen LogP contribution in [0, 0.1) is 6.92 Å². The van der Waals surface area contributed by atoms with Gasteiger partial charge in [-0.1, -0.05) is 6.07 Å². The molecule has 0 saturated carbocycles. The summed E-state index contributed by atoms with van der Waals surface area (Å²) in [6.07, 6.45) is 5.69. The van der Waals surface area contributed by atoms with Crippen molar-refractivity contribution in [2.45, 2.75) is 25.8 Å². The van der Waals surface area contributed by atoms with E-state index in [0.717, 1.165) is 17.8 Å². The van der Waals surface area contributed by atoms with Gasteiger partial charge in [0.15, 0.2) is 0 Å². The molecule has 0 aliphatic carbocycles. The maximum absolute atomic E-state index is 4.50. The van der Waals surface area contributed by atoms with E-state index < -0.39 is 0 Å². The number of nitrogens with zero attached hydrogens (tertiary/aromatic N) is 2. The molecule has 1 unspecified atom stereocenters. The normalized spacial score (nSPS) is 12.6. The van der Waals surface area contributed by atoms with Gasteiger partial charge in [0.2, 0.25) is 0 Å². The Morgan fingerprint density at radius 1 is 1.41 bits per heavy atom. The van der Waals surface area contributed by atoms with Crippen molar-refractivity contribution >= 4 is 11.3 Å². The van der Waals surface area contributed by atoms with Crippen LogP contribution in [0.4, 0.5) is 0 Å². The van der Waals surface area contributed by atoms with Crippen molar-refractivity contribution in [3.8, 4) is 0 Å². The highest BCUT2D eigenvalue weighted by Crippen LogP contribution is 2.12. The minimum Gasteiger partial charge on any atom is -0.316 e. The summed E-state index contributed by atoms with van der Waals surface area (Å²) in [5, 5.41) is 6.62. The van der Waals surface area contributed by atoms with Crippen molar-refractivity contribution in [2.24, 2.45) is 0 Å². The fraction of sp³-hybridized carbons (Fsp3) is 0.385. The van der Waals surface area contributed by atoms with E-state index in [0.29, 0.717) is 6.04 Å². The smallest absolute Gasteiger partial charge is 0.0897 e. The lowest BCUT2D eigenvalue weighted by molar-refractivity contribution is 0.550. The Morgan fingerprint density at radius 2 is 2.29 bits per heavy atom. The summed E-state index contributed by atoms with van der Waals surface area (Å²) in [4.78, 5) is 8.64. The molecule has 0 saturated heterocycles. The second-order valence-corrected chi connectivity index (χ2v) is 5.18. The zero-order chi connectivity index (χ0) is 12.1. The van der Waals surface area contributed by atoms with E-state index in [9.17, 15) is 0 Å². The first kappa shape index (κ1) is 12.2. The molecule has 0 radical (unpaired) electrons. The second-order valence-electron chi connectivity index (χ2n) is 4.11. The fourth-order valence-corrected chi connectivity index (χ4v) is 2.46. The van der Waals surface area contributed by atoms with E-state index in [1.165, 1.54) is 11.3 Å². The molecule has 2 aromatic heterocycles. The van der Waals surface area contributed by atoms with Gasteiger partial charge in [-0.05, 0) is 32.0 Å². The molecule has 0 aliphatic rings. The highest BCUT2D eigenvalue weighted by Gasteiger charge is 2.10. The largest absolute Gasteiger partial charge is 0.316 e. The maximum Gasteiger partial charge on any atom is 0.0897 e. The average Bonchev–Trinajstić information content (AvgIpc) is 2.75. The summed E-state index contributed by atoms with van der Waals surface area (Å²) in [7, 11) is 2.00. The summed E-state index contributed by atoms with van der Waals surface area (Å²) >= 11 is 1.71. The minimum absolute atomic E-state index is 0.417. The summed E-state index contributed by atoms with van der Waals surface area (Å²) in [5.41, 5.74) is 2.44. The summed E-state index contributed by atoms with van der Waals surface area (Å²) in [6.45, 7) is 2.05. The molecule has 90 valence electrons. The van der Waals surface area contributed by atoms with Crippen LogP contribution in [0.3, 0.4) is 0 Å². The summed E-state index contributed by atoms with van der Waals surface area (Å²) in [5.74, 6) is 0. The van der Waals surface area contributed by atoms with Crippen LogP contribution in [0.2, 0.25) is 0 Å². The monoisotopic (exact) mass is 247 g/mol. The highest BCUT2D eigenvalue weighted by atomic mass is 32.1. The zero-order valence-electron chi connectivity index (χ0n) is 10.2. The van der Waals surface area contributed by atoms with Crippen molar-refractivity contribution in [3.05, 3.63) is 46.2 Å². The Labute approximate surface area is 106 Å². The summed E-state index contributed by atoms with van der Waals surface area (Å²) < 4.78 is 0. The number of likely N-dealkylation sites (N-methyl/N-ethyl adjacent to an activating group) is 1. The van der Waals surface area contributed by atoms with E-state index in [2.05, 4.69) is 26.7 Å². The van der Waals surface area contributed by atoms with Gasteiger partial charge in [-0.25, -0.2) is 4.98 Å². The predicted molar refractivity (Wildman–Crippen MR) is 71.3 cm³/mol. The first-order chi connectivity index (χ1) is 8.28. The molecular formula is C13H17N3S. The van der Waals surface area contributed by atoms with Gasteiger partial charge in [-0.15, -0.1) is 11.3 Å². The molecule has 2 aromatic rings. The molecule has 0 aliphatic heterocycles. The third-order valence-corrected chi connectivity index (χ3v) is 3.56. The molecule has 2 rings (SSSR count). The Bertz CT molecular complexity index is 453. The van der Waals surface area contributed by atoms with E-state index >= 15 is 0 Å². The Balaban J connectivity index is 1.98. The molecule has 1 atom stereocenters. The Kier molecular flexibility index (Phi) is 4.23. The zero-order valence-corrected chi connectivity index (χ0v) is 11.0. The van der Waals surface area contributed by atoms with Gasteiger partial charge in [-0.3, -0.25) is 4.98 Å². The van der Waals surface area contributed by atoms with Crippen LogP contribution in [0.1, 0.15) is 16.3 Å². The van der Waals surface area contributed by atoms with Gasteiger partial charge in [-0.2, -0.15) is 0 Å². The molecule has 4 heteroatoms. The number of thiazole rings is 1. The molecule has 0 amide bonds. The average molecular weight is 247 g/mol. The molecule has 1 N–H and O–H groups in total. The van der Waals surface area contributed by atoms with Gasteiger partial charge >= 0.3 is 0 Å². The predicted octanol–water partition coefficient (Wildman–Crippen LogP) is 2.22. The maximum atomic E-state index is 4.50. The number of nitrogens with one attached hydrogen (secondary N) is 1. The van der Waals surface area contributed by atoms with E-state index in [-0.39, 0.29) is 0 Å². The molecule has 3 nitrogen and oxygen atoms in total. The quantitative estimate of drug-likeness (QED) is 0.880. The minimum atomic E-state index is 0.417. The number of hydrogen-bond donors (Lipinski definition) is 1. The lowest BCUT2D eigenvalue weighted by Gasteiger charge is -2.14. The first-order valence-corrected chi connectivity index (χ1v) is 6.63. The van der Waals surface area contributed by atoms with Crippen LogP contribution < -0.4 is 5.32 Å². The lowest BCUT2D eigenvalue weighted by Crippen LogP contribution is -2.30. The number of rotatable bonds is 5. The van der Waals surface area contributed by atoms with Gasteiger partial charge in [0.25, 0.3) is 0 Å². The number of pyridine rings is 1. The number of hydrogen-bond acceptors (Lipinski definition) is 4.